The fourth-order valence-electron chi connectivity index (χ4n) is 7.05. The fourth-order valence-corrected chi connectivity index (χ4v) is 7.05. The first-order valence-electron chi connectivity index (χ1n) is 18.5. The molecule has 1 unspecified atom stereocenters. The number of carbonyl (C=O) groups is 3. The van der Waals surface area contributed by atoms with Crippen LogP contribution >= 0.6 is 0 Å². The van der Waals surface area contributed by atoms with Crippen molar-refractivity contribution in [2.45, 2.75) is 57.7 Å². The Morgan fingerprint density at radius 1 is 1.04 bits per heavy atom. The number of aliphatic hydroxyl groups is 1. The van der Waals surface area contributed by atoms with Gasteiger partial charge in [-0.1, -0.05) is 30.9 Å². The minimum absolute atomic E-state index is 0.175. The highest BCUT2D eigenvalue weighted by Gasteiger charge is 2.42. The third kappa shape index (κ3) is 7.28. The van der Waals surface area contributed by atoms with Gasteiger partial charge in [-0.3, -0.25) is 29.4 Å². The van der Waals surface area contributed by atoms with Crippen LogP contribution in [0, 0.1) is 0 Å². The van der Waals surface area contributed by atoms with Crippen molar-refractivity contribution in [2.75, 3.05) is 35.7 Å². The third-order valence-corrected chi connectivity index (χ3v) is 9.98. The molecule has 15 nitrogen and oxygen atoms in total. The number of carbonyl (C=O) groups excluding carboxylic acids is 3. The van der Waals surface area contributed by atoms with E-state index in [0.717, 1.165) is 30.8 Å². The fraction of sp³-hybridized carbons (Fsp3) is 0.293. The van der Waals surface area contributed by atoms with E-state index in [0.29, 0.717) is 57.5 Å². The SMILES string of the molecule is C=CCn1c(=O)c2cnc(Nc3ccc(N(C)CCCCNc4cccc5c4C(=O)N(C4CCC(=O)NC4=O)C5=C)cc3)nc2n1-c1cccc(C(C)(C)O)n1. The summed E-state index contributed by atoms with van der Waals surface area (Å²) in [4.78, 5) is 68.4. The summed E-state index contributed by atoms with van der Waals surface area (Å²) in [5.74, 6) is -0.378. The zero-order chi connectivity index (χ0) is 39.7. The topological polar surface area (TPSA) is 180 Å². The van der Waals surface area contributed by atoms with E-state index in [4.69, 9.17) is 4.98 Å². The lowest BCUT2D eigenvalue weighted by Gasteiger charge is -2.30. The van der Waals surface area contributed by atoms with E-state index in [1.54, 1.807) is 42.8 Å². The standard InChI is InChI=1S/C41H44N10O5/c1-6-22-49-38(54)29-24-43-40(47-36(29)51(49)33-14-10-13-32(45-33)41(3,4)56)44-26-15-17-27(18-16-26)48(5)23-8-7-21-42-30-12-9-11-28-25(2)50(39(55)35(28)30)31-19-20-34(52)46-37(31)53/h6,9-18,24,31,42,56H,1-2,7-8,19-23H2,3-5H3,(H,43,44,47)(H,46,52,53). The van der Waals surface area contributed by atoms with Gasteiger partial charge in [0.2, 0.25) is 17.8 Å². The number of piperidine rings is 1. The van der Waals surface area contributed by atoms with E-state index >= 15 is 0 Å². The van der Waals surface area contributed by atoms with E-state index in [2.05, 4.69) is 44.0 Å². The Morgan fingerprint density at radius 3 is 2.54 bits per heavy atom. The van der Waals surface area contributed by atoms with Gasteiger partial charge in [0.25, 0.3) is 11.5 Å². The molecule has 56 heavy (non-hydrogen) atoms. The van der Waals surface area contributed by atoms with E-state index < -0.39 is 17.6 Å². The largest absolute Gasteiger partial charge is 0.384 e. The average molecular weight is 757 g/mol. The summed E-state index contributed by atoms with van der Waals surface area (Å²) in [7, 11) is 2.03. The first-order chi connectivity index (χ1) is 26.8. The molecule has 288 valence electrons. The van der Waals surface area contributed by atoms with Crippen LogP contribution in [0.4, 0.5) is 23.0 Å². The maximum Gasteiger partial charge on any atom is 0.278 e. The Labute approximate surface area is 323 Å². The number of unbranched alkanes of at least 4 members (excludes halogenated alkanes) is 1. The summed E-state index contributed by atoms with van der Waals surface area (Å²) < 4.78 is 3.10. The van der Waals surface area contributed by atoms with Gasteiger partial charge in [0.05, 0.1) is 17.8 Å². The van der Waals surface area contributed by atoms with Crippen LogP contribution in [0.3, 0.4) is 0 Å². The third-order valence-electron chi connectivity index (χ3n) is 9.98. The maximum atomic E-state index is 13.5. The maximum absolute atomic E-state index is 13.5. The van der Waals surface area contributed by atoms with Gasteiger partial charge in [-0.2, -0.15) is 4.98 Å². The molecule has 0 aliphatic carbocycles. The Hall–Kier alpha value is -6.61. The summed E-state index contributed by atoms with van der Waals surface area (Å²) in [5, 5.41) is 19.9. The molecule has 2 aromatic carbocycles. The molecular weight excluding hydrogens is 713 g/mol. The van der Waals surface area contributed by atoms with Gasteiger partial charge in [0, 0.05) is 61.1 Å². The molecule has 4 N–H and O–H groups in total. The van der Waals surface area contributed by atoms with Crippen molar-refractivity contribution < 1.29 is 19.5 Å². The van der Waals surface area contributed by atoms with Gasteiger partial charge in [-0.25, -0.2) is 19.3 Å². The molecule has 2 aliphatic rings. The van der Waals surface area contributed by atoms with Gasteiger partial charge in [0.15, 0.2) is 11.5 Å². The molecule has 3 aromatic heterocycles. The van der Waals surface area contributed by atoms with E-state index in [1.165, 1.54) is 15.8 Å². The van der Waals surface area contributed by atoms with Crippen molar-refractivity contribution in [3.63, 3.8) is 0 Å². The predicted molar refractivity (Wildman–Crippen MR) is 215 cm³/mol. The van der Waals surface area contributed by atoms with Gasteiger partial charge >= 0.3 is 0 Å². The second kappa shape index (κ2) is 15.3. The van der Waals surface area contributed by atoms with Crippen molar-refractivity contribution >= 4 is 57.5 Å². The molecule has 1 saturated heterocycles. The normalized spacial score (nSPS) is 15.6. The second-order valence-corrected chi connectivity index (χ2v) is 14.4. The lowest BCUT2D eigenvalue weighted by molar-refractivity contribution is -0.136. The molecule has 7 rings (SSSR count). The van der Waals surface area contributed by atoms with Gasteiger partial charge in [-0.05, 0) is 75.6 Å². The molecule has 3 amide bonds. The molecule has 0 spiro atoms. The van der Waals surface area contributed by atoms with E-state index in [1.807, 2.05) is 49.5 Å². The number of rotatable bonds is 14. The highest BCUT2D eigenvalue weighted by Crippen LogP contribution is 2.38. The van der Waals surface area contributed by atoms with Crippen LogP contribution < -0.4 is 26.4 Å². The quantitative estimate of drug-likeness (QED) is 0.0702. The van der Waals surface area contributed by atoms with Crippen LogP contribution in [0.25, 0.3) is 22.5 Å². The number of amides is 3. The van der Waals surface area contributed by atoms with E-state index in [9.17, 15) is 24.3 Å². The molecular formula is C41H44N10O5. The molecule has 0 saturated carbocycles. The first kappa shape index (κ1) is 37.7. The number of aromatic nitrogens is 5. The Morgan fingerprint density at radius 2 is 1.80 bits per heavy atom. The monoisotopic (exact) mass is 756 g/mol. The van der Waals surface area contributed by atoms with E-state index in [-0.39, 0.29) is 36.8 Å². The van der Waals surface area contributed by atoms with Crippen molar-refractivity contribution in [1.29, 1.82) is 0 Å². The summed E-state index contributed by atoms with van der Waals surface area (Å²) in [6.07, 6.45) is 5.29. The Balaban J connectivity index is 0.964. The van der Waals surface area contributed by atoms with Crippen LogP contribution in [0.1, 0.15) is 61.1 Å². The van der Waals surface area contributed by atoms with Crippen molar-refractivity contribution in [1.82, 2.24) is 34.5 Å². The smallest absolute Gasteiger partial charge is 0.278 e. The predicted octanol–water partition coefficient (Wildman–Crippen LogP) is 4.69. The van der Waals surface area contributed by atoms with Crippen molar-refractivity contribution in [3.8, 4) is 5.82 Å². The number of fused-ring (bicyclic) bond motifs is 2. The van der Waals surface area contributed by atoms with Crippen LogP contribution in [-0.4, -0.2) is 78.2 Å². The molecule has 5 heterocycles. The van der Waals surface area contributed by atoms with Crippen LogP contribution in [0.5, 0.6) is 0 Å². The number of nitrogens with zero attached hydrogens (tertiary/aromatic N) is 7. The summed E-state index contributed by atoms with van der Waals surface area (Å²) in [6, 6.07) is 17.9. The molecule has 5 aromatic rings. The van der Waals surface area contributed by atoms with Crippen LogP contribution in [0.15, 0.2) is 90.9 Å². The van der Waals surface area contributed by atoms with Crippen molar-refractivity contribution in [3.05, 3.63) is 113 Å². The zero-order valence-corrected chi connectivity index (χ0v) is 31.6. The number of allylic oxidation sites excluding steroid dienone is 1. The number of hydrogen-bond acceptors (Lipinski definition) is 11. The van der Waals surface area contributed by atoms with Gasteiger partial charge < -0.3 is 20.6 Å². The molecule has 2 aliphatic heterocycles. The highest BCUT2D eigenvalue weighted by atomic mass is 16.3. The minimum Gasteiger partial charge on any atom is -0.384 e. The lowest BCUT2D eigenvalue weighted by Crippen LogP contribution is -2.52. The number of anilines is 4. The lowest BCUT2D eigenvalue weighted by atomic mass is 10.0. The average Bonchev–Trinajstić information content (AvgIpc) is 3.59. The highest BCUT2D eigenvalue weighted by molar-refractivity contribution is 6.15. The summed E-state index contributed by atoms with van der Waals surface area (Å²) in [6.45, 7) is 12.9. The number of imide groups is 1. The van der Waals surface area contributed by atoms with Crippen LogP contribution in [0.2, 0.25) is 0 Å². The van der Waals surface area contributed by atoms with Crippen molar-refractivity contribution in [2.24, 2.45) is 0 Å². The Bertz CT molecular complexity index is 2430. The van der Waals surface area contributed by atoms with Gasteiger partial charge in [-0.15, -0.1) is 6.58 Å². The second-order valence-electron chi connectivity index (χ2n) is 14.4. The molecule has 0 bridgehead atoms. The van der Waals surface area contributed by atoms with Crippen LogP contribution in [-0.2, 0) is 21.7 Å². The molecule has 1 fully saturated rings. The Kier molecular flexibility index (Phi) is 10.3. The van der Waals surface area contributed by atoms with Gasteiger partial charge in [0.1, 0.15) is 17.0 Å². The molecule has 1 atom stereocenters. The number of pyridine rings is 1. The first-order valence-corrected chi connectivity index (χ1v) is 18.5. The number of nitrogens with one attached hydrogen (secondary N) is 3. The minimum atomic E-state index is -1.18. The number of benzene rings is 2. The zero-order valence-electron chi connectivity index (χ0n) is 31.6. The summed E-state index contributed by atoms with van der Waals surface area (Å²) in [5.41, 5.74) is 3.46. The summed E-state index contributed by atoms with van der Waals surface area (Å²) >= 11 is 0. The number of hydrogen-bond donors (Lipinski definition) is 4. The molecule has 0 radical (unpaired) electrons. The molecule has 15 heteroatoms.